The Hall–Kier alpha value is -1.60. The molecule has 6 nitrogen and oxygen atoms in total. The van der Waals surface area contributed by atoms with Crippen molar-refractivity contribution in [3.05, 3.63) is 18.2 Å². The van der Waals surface area contributed by atoms with Gasteiger partial charge in [-0.1, -0.05) is 6.42 Å². The molecule has 7 heteroatoms. The van der Waals surface area contributed by atoms with E-state index in [1.165, 1.54) is 19.3 Å². The topological polar surface area (TPSA) is 69.7 Å². The van der Waals surface area contributed by atoms with Crippen LogP contribution in [0.4, 0.5) is 11.4 Å². The van der Waals surface area contributed by atoms with Gasteiger partial charge in [0.1, 0.15) is 0 Å². The lowest BCUT2D eigenvalue weighted by atomic mass is 9.49. The highest BCUT2D eigenvalue weighted by Gasteiger charge is 2.54. The maximum atomic E-state index is 13.6. The van der Waals surface area contributed by atoms with Gasteiger partial charge in [0.25, 0.3) is 0 Å². The predicted octanol–water partition coefficient (Wildman–Crippen LogP) is 4.08. The first-order valence-corrected chi connectivity index (χ1v) is 13.3. The summed E-state index contributed by atoms with van der Waals surface area (Å²) >= 11 is 0. The quantitative estimate of drug-likeness (QED) is 0.741. The van der Waals surface area contributed by atoms with Crippen molar-refractivity contribution in [2.75, 3.05) is 37.4 Å². The van der Waals surface area contributed by atoms with Crippen molar-refractivity contribution in [2.24, 2.45) is 23.2 Å². The van der Waals surface area contributed by atoms with E-state index in [9.17, 15) is 13.2 Å². The van der Waals surface area contributed by atoms with E-state index in [0.717, 1.165) is 44.2 Å². The zero-order valence-electron chi connectivity index (χ0n) is 18.8. The van der Waals surface area contributed by atoms with Crippen molar-refractivity contribution in [3.63, 3.8) is 0 Å². The van der Waals surface area contributed by atoms with Crippen LogP contribution in [-0.2, 0) is 14.8 Å². The third kappa shape index (κ3) is 3.78. The molecule has 31 heavy (non-hydrogen) atoms. The van der Waals surface area contributed by atoms with E-state index in [-0.39, 0.29) is 16.2 Å². The number of nitrogens with one attached hydrogen (secondary N) is 1. The number of hydrogen-bond acceptors (Lipinski definition) is 4. The smallest absolute Gasteiger partial charge is 0.243 e. The second-order valence-electron chi connectivity index (χ2n) is 10.7. The molecule has 4 aliphatic carbocycles. The van der Waals surface area contributed by atoms with Gasteiger partial charge >= 0.3 is 0 Å². The molecule has 0 unspecified atom stereocenters. The van der Waals surface area contributed by atoms with Gasteiger partial charge in [0.05, 0.1) is 21.7 Å². The minimum Gasteiger partial charge on any atom is -0.376 e. The number of anilines is 2. The predicted molar refractivity (Wildman–Crippen MR) is 123 cm³/mol. The number of piperidine rings is 1. The van der Waals surface area contributed by atoms with Crippen molar-refractivity contribution < 1.29 is 13.2 Å². The molecule has 170 valence electrons. The van der Waals surface area contributed by atoms with Crippen LogP contribution in [0.1, 0.15) is 57.8 Å². The van der Waals surface area contributed by atoms with Crippen molar-refractivity contribution >= 4 is 27.3 Å². The van der Waals surface area contributed by atoms with Crippen molar-refractivity contribution in [1.82, 2.24) is 4.31 Å². The molecule has 1 aromatic rings. The van der Waals surface area contributed by atoms with Gasteiger partial charge in [-0.2, -0.15) is 4.31 Å². The van der Waals surface area contributed by atoms with Gasteiger partial charge in [-0.05, 0) is 87.3 Å². The second kappa shape index (κ2) is 7.77. The summed E-state index contributed by atoms with van der Waals surface area (Å²) < 4.78 is 28.0. The highest BCUT2D eigenvalue weighted by Crippen LogP contribution is 2.60. The Balaban J connectivity index is 1.44. The minimum atomic E-state index is -3.54. The van der Waals surface area contributed by atoms with Crippen molar-refractivity contribution in [2.45, 2.75) is 62.7 Å². The molecule has 0 radical (unpaired) electrons. The zero-order valence-corrected chi connectivity index (χ0v) is 19.6. The van der Waals surface area contributed by atoms with Crippen molar-refractivity contribution in [3.8, 4) is 0 Å². The Morgan fingerprint density at radius 3 is 2.13 bits per heavy atom. The number of benzene rings is 1. The average Bonchev–Trinajstić information content (AvgIpc) is 2.73. The van der Waals surface area contributed by atoms with Crippen LogP contribution < -0.4 is 10.2 Å². The molecule has 5 aliphatic rings. The van der Waals surface area contributed by atoms with E-state index in [0.29, 0.717) is 36.5 Å². The summed E-state index contributed by atoms with van der Waals surface area (Å²) in [5.74, 6) is 2.17. The van der Waals surface area contributed by atoms with Crippen LogP contribution in [0.25, 0.3) is 0 Å². The summed E-state index contributed by atoms with van der Waals surface area (Å²) in [6.45, 7) is 1.15. The molecule has 1 aliphatic heterocycles. The van der Waals surface area contributed by atoms with Gasteiger partial charge in [-0.3, -0.25) is 4.79 Å². The largest absolute Gasteiger partial charge is 0.376 e. The molecule has 1 aromatic carbocycles. The highest BCUT2D eigenvalue weighted by atomic mass is 32.2. The van der Waals surface area contributed by atoms with E-state index >= 15 is 0 Å². The number of carbonyl (C=O) groups is 1. The van der Waals surface area contributed by atoms with Gasteiger partial charge < -0.3 is 10.2 Å². The first-order valence-electron chi connectivity index (χ1n) is 11.9. The van der Waals surface area contributed by atoms with E-state index in [1.807, 2.05) is 25.1 Å². The van der Waals surface area contributed by atoms with Crippen LogP contribution in [0.5, 0.6) is 0 Å². The molecule has 1 N–H and O–H groups in total. The first-order chi connectivity index (χ1) is 14.8. The van der Waals surface area contributed by atoms with Gasteiger partial charge in [0, 0.05) is 27.2 Å². The molecule has 0 spiro atoms. The molecule has 1 amide bonds. The van der Waals surface area contributed by atoms with Crippen LogP contribution in [0.3, 0.4) is 0 Å². The molecular formula is C24H35N3O3S. The molecule has 4 bridgehead atoms. The third-order valence-corrected chi connectivity index (χ3v) is 10.1. The normalized spacial score (nSPS) is 32.8. The van der Waals surface area contributed by atoms with Gasteiger partial charge in [-0.25, -0.2) is 8.42 Å². The Labute approximate surface area is 186 Å². The second-order valence-corrected chi connectivity index (χ2v) is 12.6. The summed E-state index contributed by atoms with van der Waals surface area (Å²) in [7, 11) is 0.306. The molecule has 1 saturated heterocycles. The van der Waals surface area contributed by atoms with Crippen LogP contribution >= 0.6 is 0 Å². The number of carbonyl (C=O) groups excluding carboxylic acids is 1. The van der Waals surface area contributed by atoms with E-state index in [4.69, 9.17) is 0 Å². The fraction of sp³-hybridized carbons (Fsp3) is 0.708. The highest BCUT2D eigenvalue weighted by molar-refractivity contribution is 7.89. The first kappa shape index (κ1) is 21.3. The van der Waals surface area contributed by atoms with Crippen LogP contribution in [0, 0.1) is 23.2 Å². The molecule has 4 saturated carbocycles. The van der Waals surface area contributed by atoms with Gasteiger partial charge in [0.15, 0.2) is 0 Å². The summed E-state index contributed by atoms with van der Waals surface area (Å²) in [6.07, 6.45) is 9.75. The summed E-state index contributed by atoms with van der Waals surface area (Å²) in [5.41, 5.74) is 1.19. The summed E-state index contributed by atoms with van der Waals surface area (Å²) in [4.78, 5) is 15.8. The van der Waals surface area contributed by atoms with Crippen LogP contribution in [0.15, 0.2) is 23.1 Å². The maximum absolute atomic E-state index is 13.6. The summed E-state index contributed by atoms with van der Waals surface area (Å²) in [6, 6.07) is 5.18. The Morgan fingerprint density at radius 2 is 1.58 bits per heavy atom. The zero-order chi connectivity index (χ0) is 21.8. The molecule has 0 atom stereocenters. The SMILES string of the molecule is CN(C)c1ccc(S(=O)(=O)N2CCCCC2)cc1NC(=O)C12CC3CC(CC(C3)C1)C2. The number of rotatable bonds is 5. The van der Waals surface area contributed by atoms with Crippen LogP contribution in [-0.4, -0.2) is 45.8 Å². The van der Waals surface area contributed by atoms with E-state index in [2.05, 4.69) is 5.32 Å². The number of nitrogens with zero attached hydrogens (tertiary/aromatic N) is 2. The van der Waals surface area contributed by atoms with Gasteiger partial charge in [0.2, 0.25) is 15.9 Å². The monoisotopic (exact) mass is 445 g/mol. The fourth-order valence-electron chi connectivity index (χ4n) is 7.06. The number of hydrogen-bond donors (Lipinski definition) is 1. The van der Waals surface area contributed by atoms with E-state index < -0.39 is 10.0 Å². The maximum Gasteiger partial charge on any atom is 0.243 e. The average molecular weight is 446 g/mol. The molecule has 1 heterocycles. The third-order valence-electron chi connectivity index (χ3n) is 8.17. The lowest BCUT2D eigenvalue weighted by Gasteiger charge is -2.55. The molecule has 6 rings (SSSR count). The van der Waals surface area contributed by atoms with Crippen molar-refractivity contribution in [1.29, 1.82) is 0 Å². The van der Waals surface area contributed by atoms with Gasteiger partial charge in [-0.15, -0.1) is 0 Å². The lowest BCUT2D eigenvalue weighted by molar-refractivity contribution is -0.140. The summed E-state index contributed by atoms with van der Waals surface area (Å²) in [5, 5.41) is 3.20. The van der Waals surface area contributed by atoms with Crippen LogP contribution in [0.2, 0.25) is 0 Å². The number of sulfonamides is 1. The lowest BCUT2D eigenvalue weighted by Crippen LogP contribution is -2.51. The fourth-order valence-corrected chi connectivity index (χ4v) is 8.61. The Bertz CT molecular complexity index is 931. The molecular weight excluding hydrogens is 410 g/mol. The van der Waals surface area contributed by atoms with E-state index in [1.54, 1.807) is 16.4 Å². The Morgan fingerprint density at radius 1 is 1.00 bits per heavy atom. The Kier molecular flexibility index (Phi) is 5.32. The standard InChI is InChI=1S/C24H35N3O3S/c1-26(2)22-7-6-20(31(29,30)27-8-4-3-5-9-27)13-21(22)25-23(28)24-14-17-10-18(15-24)12-19(11-17)16-24/h6-7,13,17-19H,3-5,8-12,14-16H2,1-2H3,(H,25,28). The molecule has 0 aromatic heterocycles. The molecule has 5 fully saturated rings. The minimum absolute atomic E-state index is 0.0993. The number of amides is 1.